The summed E-state index contributed by atoms with van der Waals surface area (Å²) in [6.07, 6.45) is -66.5. The molecule has 35 heteroatoms. The molecule has 0 aliphatic rings. The van der Waals surface area contributed by atoms with Gasteiger partial charge < -0.3 is 4.74 Å². The van der Waals surface area contributed by atoms with E-state index in [0.29, 0.717) is 0 Å². The Hall–Kier alpha value is -3.01. The summed E-state index contributed by atoms with van der Waals surface area (Å²) in [7, 11) is 0. The standard InChI is InChI=1S/C8F16O3.C8H2F14O2/c9-1(25)2(10,11)26-8(23,24)4(14,6(18,19)20)27-7(21,22)3(12,13)5(15,16)17;1-2(9)23-8(21,22)4(12,6(16,17)18)24-7(19,20)3(10,11)5(13,14)15/h;1H2. The van der Waals surface area contributed by atoms with Gasteiger partial charge in [-0.3, -0.25) is 14.3 Å². The molecule has 2 unspecified atom stereocenters. The second-order valence-corrected chi connectivity index (χ2v) is 7.95. The Morgan fingerprint density at radius 1 is 0.373 bits per heavy atom. The van der Waals surface area contributed by atoms with E-state index in [2.05, 4.69) is 4.74 Å². The Labute approximate surface area is 254 Å². The average Bonchev–Trinajstić information content (AvgIpc) is 2.79. The third-order valence-electron chi connectivity index (χ3n) is 4.18. The van der Waals surface area contributed by atoms with Crippen molar-refractivity contribution in [2.24, 2.45) is 0 Å². The molecule has 0 N–H and O–H groups in total. The van der Waals surface area contributed by atoms with Crippen molar-refractivity contribution in [3.8, 4) is 0 Å². The van der Waals surface area contributed by atoms with E-state index in [-0.39, 0.29) is 0 Å². The number of hydrogen-bond donors (Lipinski definition) is 0. The molecule has 0 saturated heterocycles. The number of ether oxygens (including phenoxy) is 4. The number of hydrogen-bond acceptors (Lipinski definition) is 5. The highest BCUT2D eigenvalue weighted by Crippen LogP contribution is 2.57. The lowest BCUT2D eigenvalue weighted by molar-refractivity contribution is -0.546. The molecule has 0 aliphatic carbocycles. The quantitative estimate of drug-likeness (QED) is 0.105. The van der Waals surface area contributed by atoms with Gasteiger partial charge in [0.1, 0.15) is 0 Å². The molecule has 0 aromatic rings. The maximum Gasteiger partial charge on any atom is 0.471 e. The van der Waals surface area contributed by atoms with E-state index >= 15 is 0 Å². The first kappa shape index (κ1) is 50.1. The number of carbonyl (C=O) groups excluding carboxylic acids is 1. The van der Waals surface area contributed by atoms with E-state index in [0.717, 1.165) is 0 Å². The molecule has 306 valence electrons. The van der Waals surface area contributed by atoms with Gasteiger partial charge in [-0.2, -0.15) is 132 Å². The minimum Gasteiger partial charge on any atom is -0.402 e. The topological polar surface area (TPSA) is 54.0 Å². The predicted octanol–water partition coefficient (Wildman–Crippen LogP) is 9.79. The molecule has 0 saturated carbocycles. The summed E-state index contributed by atoms with van der Waals surface area (Å²) in [6.45, 7) is 1.75. The van der Waals surface area contributed by atoms with Crippen LogP contribution in [0.5, 0.6) is 0 Å². The molecule has 2 atom stereocenters. The molecular weight excluding hydrogens is 842 g/mol. The van der Waals surface area contributed by atoms with Crippen molar-refractivity contribution in [2.75, 3.05) is 0 Å². The first-order valence-electron chi connectivity index (χ1n) is 10.1. The van der Waals surface area contributed by atoms with Crippen LogP contribution in [-0.4, -0.2) is 84.8 Å². The van der Waals surface area contributed by atoms with E-state index < -0.39 is 90.9 Å². The van der Waals surface area contributed by atoms with Crippen molar-refractivity contribution in [2.45, 2.75) is 78.8 Å². The Balaban J connectivity index is 0. The molecule has 0 rings (SSSR count). The molecule has 0 radical (unpaired) electrons. The summed E-state index contributed by atoms with van der Waals surface area (Å²) in [5, 5.41) is 0. The van der Waals surface area contributed by atoms with Gasteiger partial charge in [0.05, 0.1) is 0 Å². The fourth-order valence-electron chi connectivity index (χ4n) is 1.85. The number of halogens is 30. The van der Waals surface area contributed by atoms with Gasteiger partial charge in [-0.15, -0.1) is 0 Å². The second kappa shape index (κ2) is 13.8. The van der Waals surface area contributed by atoms with Crippen LogP contribution >= 0.6 is 0 Å². The Kier molecular flexibility index (Phi) is 13.5. The maximum absolute atomic E-state index is 13.3. The maximum atomic E-state index is 13.3. The summed E-state index contributed by atoms with van der Waals surface area (Å²) in [5.41, 5.74) is 0. The summed E-state index contributed by atoms with van der Waals surface area (Å²) in [4.78, 5) is 9.56. The van der Waals surface area contributed by atoms with Gasteiger partial charge in [-0.25, -0.2) is 4.74 Å². The molecule has 0 aromatic heterocycles. The predicted molar refractivity (Wildman–Crippen MR) is 87.2 cm³/mol. The first-order chi connectivity index (χ1) is 21.5. The zero-order chi connectivity index (χ0) is 42.5. The monoisotopic (exact) mass is 844 g/mol. The highest BCUT2D eigenvalue weighted by molar-refractivity contribution is 5.74. The minimum absolute atomic E-state index is 1.23. The van der Waals surface area contributed by atoms with Crippen LogP contribution in [0, 0.1) is 0 Å². The van der Waals surface area contributed by atoms with Gasteiger partial charge in [0, 0.05) is 0 Å². The Morgan fingerprint density at radius 3 is 0.824 bits per heavy atom. The van der Waals surface area contributed by atoms with Crippen LogP contribution in [0.3, 0.4) is 0 Å². The Bertz CT molecular complexity index is 1220. The highest BCUT2D eigenvalue weighted by atomic mass is 19.4. The number of carbonyl (C=O) groups is 1. The molecule has 0 bridgehead atoms. The van der Waals surface area contributed by atoms with Gasteiger partial charge in [0.2, 0.25) is 0 Å². The molecule has 0 amide bonds. The van der Waals surface area contributed by atoms with Crippen LogP contribution in [0.2, 0.25) is 0 Å². The van der Waals surface area contributed by atoms with E-state index in [9.17, 15) is 137 Å². The summed E-state index contributed by atoms with van der Waals surface area (Å²) >= 11 is 0. The SMILES string of the molecule is C=C(F)OC(F)(F)C(F)(OC(F)(F)C(F)(F)C(F)(F)F)C(F)(F)F.O=C(F)C(F)(F)OC(F)(F)C(F)(OC(F)(F)C(F)(F)C(F)(F)F)C(F)(F)F. The van der Waals surface area contributed by atoms with E-state index in [1.54, 1.807) is 6.58 Å². The zero-order valence-electron chi connectivity index (χ0n) is 21.6. The first-order valence-corrected chi connectivity index (χ1v) is 10.1. The van der Waals surface area contributed by atoms with E-state index in [1.165, 1.54) is 14.2 Å². The largest absolute Gasteiger partial charge is 0.471 e. The summed E-state index contributed by atoms with van der Waals surface area (Å²) in [5.74, 6) is -30.5. The molecule has 5 nitrogen and oxygen atoms in total. The van der Waals surface area contributed by atoms with Gasteiger partial charge in [0.15, 0.2) is 0 Å². The average molecular weight is 844 g/mol. The highest BCUT2D eigenvalue weighted by Gasteiger charge is 2.86. The Morgan fingerprint density at radius 2 is 0.627 bits per heavy atom. The molecule has 0 fully saturated rings. The third-order valence-corrected chi connectivity index (χ3v) is 4.18. The molecule has 51 heavy (non-hydrogen) atoms. The molecule has 0 heterocycles. The zero-order valence-corrected chi connectivity index (χ0v) is 21.6. The lowest BCUT2D eigenvalue weighted by Gasteiger charge is -2.38. The van der Waals surface area contributed by atoms with Crippen LogP contribution in [0.25, 0.3) is 0 Å². The van der Waals surface area contributed by atoms with Crippen LogP contribution in [0.4, 0.5) is 132 Å². The van der Waals surface area contributed by atoms with Crippen molar-refractivity contribution in [3.05, 3.63) is 12.6 Å². The third kappa shape index (κ3) is 9.91. The van der Waals surface area contributed by atoms with E-state index in [4.69, 9.17) is 0 Å². The van der Waals surface area contributed by atoms with Crippen molar-refractivity contribution in [1.29, 1.82) is 0 Å². The fourth-order valence-corrected chi connectivity index (χ4v) is 1.85. The molecule has 0 spiro atoms. The van der Waals surface area contributed by atoms with Crippen molar-refractivity contribution in [3.63, 3.8) is 0 Å². The van der Waals surface area contributed by atoms with Crippen LogP contribution < -0.4 is 0 Å². The van der Waals surface area contributed by atoms with Crippen molar-refractivity contribution in [1.82, 2.24) is 0 Å². The van der Waals surface area contributed by atoms with Crippen molar-refractivity contribution < 1.29 is 155 Å². The summed E-state index contributed by atoms with van der Waals surface area (Å²) < 4.78 is 377. The smallest absolute Gasteiger partial charge is 0.402 e. The molecule has 0 aliphatic heterocycles. The summed E-state index contributed by atoms with van der Waals surface area (Å²) in [6, 6.07) is -7.28. The van der Waals surface area contributed by atoms with Gasteiger partial charge in [0.25, 0.3) is 6.01 Å². The lowest BCUT2D eigenvalue weighted by atomic mass is 10.2. The lowest BCUT2D eigenvalue weighted by Crippen LogP contribution is -2.66. The molecular formula is C16H2F30O5. The van der Waals surface area contributed by atoms with Crippen LogP contribution in [-0.2, 0) is 23.7 Å². The second-order valence-electron chi connectivity index (χ2n) is 7.95. The van der Waals surface area contributed by atoms with Gasteiger partial charge >= 0.3 is 84.8 Å². The molecule has 0 aromatic carbocycles. The van der Waals surface area contributed by atoms with Gasteiger partial charge in [-0.1, -0.05) is 0 Å². The normalized spacial score (nSPS) is 17.5. The van der Waals surface area contributed by atoms with Crippen LogP contribution in [0.1, 0.15) is 0 Å². The van der Waals surface area contributed by atoms with E-state index in [1.807, 2.05) is 0 Å². The number of alkyl halides is 28. The fraction of sp³-hybridized carbons (Fsp3) is 0.812. The van der Waals surface area contributed by atoms with Crippen LogP contribution in [0.15, 0.2) is 12.6 Å². The number of rotatable bonds is 13. The van der Waals surface area contributed by atoms with Gasteiger partial charge in [-0.05, 0) is 6.58 Å². The van der Waals surface area contributed by atoms with Crippen molar-refractivity contribution >= 4 is 6.04 Å². The minimum atomic E-state index is -7.85.